The van der Waals surface area contributed by atoms with Gasteiger partial charge >= 0.3 is 0 Å². The van der Waals surface area contributed by atoms with E-state index in [4.69, 9.17) is 5.11 Å². The zero-order valence-electron chi connectivity index (χ0n) is 13.6. The number of hydrogen-bond donors (Lipinski definition) is 3. The second-order valence-corrected chi connectivity index (χ2v) is 6.00. The van der Waals surface area contributed by atoms with Crippen LogP contribution in [0.25, 0.3) is 0 Å². The number of amides is 1. The van der Waals surface area contributed by atoms with Crippen LogP contribution in [0.2, 0.25) is 0 Å². The zero-order chi connectivity index (χ0) is 17.8. The molecule has 130 valence electrons. The van der Waals surface area contributed by atoms with Crippen LogP contribution in [0.4, 0.5) is 11.6 Å². The third-order valence-electron chi connectivity index (χ3n) is 4.36. The van der Waals surface area contributed by atoms with E-state index < -0.39 is 12.6 Å². The van der Waals surface area contributed by atoms with Crippen molar-refractivity contribution in [3.63, 3.8) is 0 Å². The maximum absolute atomic E-state index is 12.3. The molecule has 1 saturated carbocycles. The summed E-state index contributed by atoms with van der Waals surface area (Å²) >= 11 is 0. The molecule has 2 aromatic rings. The van der Waals surface area contributed by atoms with E-state index in [0.29, 0.717) is 10.7 Å². The van der Waals surface area contributed by atoms with Gasteiger partial charge in [-0.2, -0.15) is 0 Å². The summed E-state index contributed by atoms with van der Waals surface area (Å²) in [6.07, 6.45) is 8.10. The van der Waals surface area contributed by atoms with E-state index in [1.807, 2.05) is 0 Å². The fourth-order valence-electron chi connectivity index (χ4n) is 2.98. The molecular formula is C17H19N4O4+. The molecule has 3 rings (SSSR count). The lowest BCUT2D eigenvalue weighted by Gasteiger charge is -2.09. The Balaban J connectivity index is 1.74. The summed E-state index contributed by atoms with van der Waals surface area (Å²) in [5.41, 5.74) is 1.02. The summed E-state index contributed by atoms with van der Waals surface area (Å²) in [6, 6.07) is 3.72. The molecule has 25 heavy (non-hydrogen) atoms. The number of carbonyl (C=O) groups is 1. The van der Waals surface area contributed by atoms with Gasteiger partial charge in [0.25, 0.3) is 18.3 Å². The molecule has 1 amide bonds. The number of phenolic OH excluding ortho intramolecular Hbond substituents is 1. The largest absolute Gasteiger partial charge is 0.507 e. The molecule has 8 nitrogen and oxygen atoms in total. The molecule has 0 saturated heterocycles. The third-order valence-corrected chi connectivity index (χ3v) is 4.36. The highest BCUT2D eigenvalue weighted by Gasteiger charge is 2.20. The molecule has 1 aromatic heterocycles. The van der Waals surface area contributed by atoms with Crippen molar-refractivity contribution in [1.82, 2.24) is 9.97 Å². The number of anilines is 1. The fourth-order valence-corrected chi connectivity index (χ4v) is 2.98. The summed E-state index contributed by atoms with van der Waals surface area (Å²) < 4.78 is 0.295. The van der Waals surface area contributed by atoms with E-state index in [9.17, 15) is 14.8 Å². The number of carbonyl (C=O) groups excluding carboxylic acids is 1. The van der Waals surface area contributed by atoms with Crippen molar-refractivity contribution in [2.24, 2.45) is 0 Å². The van der Waals surface area contributed by atoms with Crippen molar-refractivity contribution in [3.05, 3.63) is 46.6 Å². The highest BCUT2D eigenvalue weighted by Crippen LogP contribution is 2.33. The first kappa shape index (κ1) is 17.0. The standard InChI is InChI=1S/C17H18N4O4/c22-10-21(25)13-5-6-15(23)14(7-13)16(24)20-17-18-8-12(9-19-17)11-3-1-2-4-11/h5-9,11,22H,1-4,10H2,(H-,18,19,20,23,24,25)/p+1. The summed E-state index contributed by atoms with van der Waals surface area (Å²) in [5.74, 6) is -0.320. The Morgan fingerprint density at radius 2 is 1.92 bits per heavy atom. The molecule has 1 fully saturated rings. The van der Waals surface area contributed by atoms with Gasteiger partial charge in [0.05, 0.1) is 10.3 Å². The van der Waals surface area contributed by atoms with E-state index in [1.165, 1.54) is 31.0 Å². The fraction of sp³-hybridized carbons (Fsp3) is 0.353. The molecule has 1 heterocycles. The number of rotatable bonds is 5. The molecule has 1 aromatic carbocycles. The molecule has 0 unspecified atom stereocenters. The van der Waals surface area contributed by atoms with Crippen LogP contribution in [0, 0.1) is 4.91 Å². The molecule has 0 aliphatic heterocycles. The smallest absolute Gasteiger partial charge is 0.299 e. The zero-order valence-corrected chi connectivity index (χ0v) is 13.6. The number of nitrogens with one attached hydrogen (secondary N) is 1. The van der Waals surface area contributed by atoms with Crippen LogP contribution < -0.4 is 5.32 Å². The van der Waals surface area contributed by atoms with E-state index in [0.717, 1.165) is 18.4 Å². The average molecular weight is 343 g/mol. The molecule has 0 radical (unpaired) electrons. The second kappa shape index (κ2) is 7.35. The lowest BCUT2D eigenvalue weighted by molar-refractivity contribution is -0.505. The van der Waals surface area contributed by atoms with Crippen molar-refractivity contribution < 1.29 is 19.8 Å². The van der Waals surface area contributed by atoms with Gasteiger partial charge < -0.3 is 10.2 Å². The van der Waals surface area contributed by atoms with Crippen LogP contribution in [-0.4, -0.2) is 37.6 Å². The van der Waals surface area contributed by atoms with E-state index in [1.54, 1.807) is 12.4 Å². The predicted molar refractivity (Wildman–Crippen MR) is 89.7 cm³/mol. The van der Waals surface area contributed by atoms with Crippen LogP contribution in [0.3, 0.4) is 0 Å². The van der Waals surface area contributed by atoms with Gasteiger partial charge in [-0.3, -0.25) is 10.1 Å². The van der Waals surface area contributed by atoms with Gasteiger partial charge in [0, 0.05) is 29.4 Å². The number of phenols is 1. The first-order chi connectivity index (χ1) is 12.1. The maximum atomic E-state index is 12.3. The normalized spacial score (nSPS) is 14.4. The van der Waals surface area contributed by atoms with Crippen molar-refractivity contribution in [1.29, 1.82) is 0 Å². The first-order valence-electron chi connectivity index (χ1n) is 8.10. The molecule has 1 aliphatic rings. The Labute approximate surface area is 144 Å². The van der Waals surface area contributed by atoms with Crippen LogP contribution >= 0.6 is 0 Å². The lowest BCUT2D eigenvalue weighted by atomic mass is 10.0. The lowest BCUT2D eigenvalue weighted by Crippen LogP contribution is -2.15. The summed E-state index contributed by atoms with van der Waals surface area (Å²) in [7, 11) is 0. The highest BCUT2D eigenvalue weighted by atomic mass is 16.4. The summed E-state index contributed by atoms with van der Waals surface area (Å²) in [5, 5.41) is 21.2. The number of aromatic nitrogens is 2. The van der Waals surface area contributed by atoms with E-state index in [-0.39, 0.29) is 22.9 Å². The highest BCUT2D eigenvalue weighted by molar-refractivity contribution is 6.05. The van der Waals surface area contributed by atoms with Crippen LogP contribution in [0.15, 0.2) is 30.6 Å². The average Bonchev–Trinajstić information content (AvgIpc) is 3.16. The second-order valence-electron chi connectivity index (χ2n) is 6.00. The van der Waals surface area contributed by atoms with Gasteiger partial charge in [-0.15, -0.1) is 0 Å². The number of aromatic hydroxyl groups is 1. The molecule has 0 atom stereocenters. The number of aliphatic hydroxyl groups excluding tert-OH is 1. The van der Waals surface area contributed by atoms with Gasteiger partial charge in [-0.1, -0.05) is 12.8 Å². The monoisotopic (exact) mass is 343 g/mol. The van der Waals surface area contributed by atoms with Crippen molar-refractivity contribution in [3.8, 4) is 5.75 Å². The molecule has 8 heteroatoms. The van der Waals surface area contributed by atoms with Crippen molar-refractivity contribution in [2.45, 2.75) is 31.6 Å². The van der Waals surface area contributed by atoms with E-state index >= 15 is 0 Å². The van der Waals surface area contributed by atoms with Gasteiger partial charge in [-0.05, 0) is 30.4 Å². The number of aliphatic hydroxyl groups is 1. The van der Waals surface area contributed by atoms with Crippen LogP contribution in [0.5, 0.6) is 5.75 Å². The minimum atomic E-state index is -0.752. The summed E-state index contributed by atoms with van der Waals surface area (Å²) in [4.78, 5) is 32.1. The summed E-state index contributed by atoms with van der Waals surface area (Å²) in [6.45, 7) is -0.752. The van der Waals surface area contributed by atoms with Crippen LogP contribution in [-0.2, 0) is 0 Å². The Morgan fingerprint density at radius 3 is 2.56 bits per heavy atom. The topological polar surface area (TPSA) is 115 Å². The maximum Gasteiger partial charge on any atom is 0.299 e. The van der Waals surface area contributed by atoms with Crippen molar-refractivity contribution in [2.75, 3.05) is 12.0 Å². The Hall–Kier alpha value is -2.87. The minimum absolute atomic E-state index is 0.0583. The number of nitrogens with zero attached hydrogens (tertiary/aromatic N) is 3. The Kier molecular flexibility index (Phi) is 4.99. The predicted octanol–water partition coefficient (Wildman–Crippen LogP) is 2.45. The van der Waals surface area contributed by atoms with Gasteiger partial charge in [0.1, 0.15) is 5.75 Å². The SMILES string of the molecule is O=C(Nc1ncc(C2CCCC2)cn1)c1cc([N+](=O)CO)ccc1O. The molecule has 0 bridgehead atoms. The minimum Gasteiger partial charge on any atom is -0.507 e. The Morgan fingerprint density at radius 1 is 1.24 bits per heavy atom. The number of hydrogen-bond acceptors (Lipinski definition) is 6. The van der Waals surface area contributed by atoms with Crippen LogP contribution in [0.1, 0.15) is 47.5 Å². The van der Waals surface area contributed by atoms with E-state index in [2.05, 4.69) is 15.3 Å². The van der Waals surface area contributed by atoms with Crippen molar-refractivity contribution >= 4 is 17.5 Å². The van der Waals surface area contributed by atoms with Gasteiger partial charge in [-0.25, -0.2) is 9.97 Å². The Bertz CT molecular complexity index is 786. The quantitative estimate of drug-likeness (QED) is 0.567. The molecule has 3 N–H and O–H groups in total. The molecule has 0 spiro atoms. The third kappa shape index (κ3) is 3.80. The molecular weight excluding hydrogens is 324 g/mol. The first-order valence-corrected chi connectivity index (χ1v) is 8.10. The van der Waals surface area contributed by atoms with Gasteiger partial charge in [0.15, 0.2) is 0 Å². The molecule has 1 aliphatic carbocycles. The number of nitroso groups, excluding NO2 is 1. The number of benzene rings is 1. The van der Waals surface area contributed by atoms with Gasteiger partial charge in [0.2, 0.25) is 5.95 Å².